The van der Waals surface area contributed by atoms with Crippen LogP contribution in [0.5, 0.6) is 0 Å². The van der Waals surface area contributed by atoms with Crippen LogP contribution in [0.1, 0.15) is 5.69 Å². The standard InChI is InChI=1S/C10H15ClN2O/c1-13(5-6-14-2)10-3-4-12-9(7-10)8-11/h3-4,7H,5-6,8H2,1-2H3. The minimum Gasteiger partial charge on any atom is -0.383 e. The molecule has 1 aromatic heterocycles. The first-order valence-electron chi connectivity index (χ1n) is 4.49. The van der Waals surface area contributed by atoms with Gasteiger partial charge in [-0.25, -0.2) is 0 Å². The van der Waals surface area contributed by atoms with E-state index in [1.165, 1.54) is 0 Å². The van der Waals surface area contributed by atoms with E-state index in [4.69, 9.17) is 16.3 Å². The van der Waals surface area contributed by atoms with Crippen LogP contribution in [0, 0.1) is 0 Å². The number of ether oxygens (including phenoxy) is 1. The molecule has 0 atom stereocenters. The van der Waals surface area contributed by atoms with Crippen molar-refractivity contribution >= 4 is 17.3 Å². The molecule has 0 saturated carbocycles. The Balaban J connectivity index is 2.64. The van der Waals surface area contributed by atoms with Gasteiger partial charge in [-0.05, 0) is 12.1 Å². The number of aromatic nitrogens is 1. The van der Waals surface area contributed by atoms with E-state index >= 15 is 0 Å². The molecule has 0 spiro atoms. The Hall–Kier alpha value is -0.800. The normalized spacial score (nSPS) is 10.2. The lowest BCUT2D eigenvalue weighted by Gasteiger charge is -2.18. The predicted molar refractivity (Wildman–Crippen MR) is 58.9 cm³/mol. The minimum atomic E-state index is 0.450. The second kappa shape index (κ2) is 5.83. The summed E-state index contributed by atoms with van der Waals surface area (Å²) in [7, 11) is 3.72. The lowest BCUT2D eigenvalue weighted by Crippen LogP contribution is -2.22. The number of nitrogens with zero attached hydrogens (tertiary/aromatic N) is 2. The Morgan fingerprint density at radius 1 is 1.57 bits per heavy atom. The smallest absolute Gasteiger partial charge is 0.0648 e. The van der Waals surface area contributed by atoms with Gasteiger partial charge in [-0.1, -0.05) is 0 Å². The summed E-state index contributed by atoms with van der Waals surface area (Å²) in [5, 5.41) is 0. The highest BCUT2D eigenvalue weighted by atomic mass is 35.5. The van der Waals surface area contributed by atoms with Crippen molar-refractivity contribution in [1.29, 1.82) is 0 Å². The molecule has 0 radical (unpaired) electrons. The molecule has 78 valence electrons. The first kappa shape index (κ1) is 11.3. The van der Waals surface area contributed by atoms with Gasteiger partial charge in [0.05, 0.1) is 18.2 Å². The van der Waals surface area contributed by atoms with Crippen LogP contribution >= 0.6 is 11.6 Å². The molecule has 0 aromatic carbocycles. The van der Waals surface area contributed by atoms with Crippen LogP contribution in [0.2, 0.25) is 0 Å². The van der Waals surface area contributed by atoms with Gasteiger partial charge in [-0.3, -0.25) is 4.98 Å². The topological polar surface area (TPSA) is 25.4 Å². The SMILES string of the molecule is COCCN(C)c1ccnc(CCl)c1. The molecule has 3 nitrogen and oxygen atoms in total. The van der Waals surface area contributed by atoms with E-state index in [2.05, 4.69) is 9.88 Å². The van der Waals surface area contributed by atoms with Crippen molar-refractivity contribution in [2.45, 2.75) is 5.88 Å². The molecule has 0 bridgehead atoms. The van der Waals surface area contributed by atoms with Crippen molar-refractivity contribution in [3.63, 3.8) is 0 Å². The van der Waals surface area contributed by atoms with Crippen molar-refractivity contribution < 1.29 is 4.74 Å². The third kappa shape index (κ3) is 3.16. The Morgan fingerprint density at radius 2 is 2.36 bits per heavy atom. The van der Waals surface area contributed by atoms with Gasteiger partial charge in [0.2, 0.25) is 0 Å². The van der Waals surface area contributed by atoms with Crippen molar-refractivity contribution in [2.24, 2.45) is 0 Å². The Morgan fingerprint density at radius 3 is 3.00 bits per heavy atom. The Bertz CT molecular complexity index is 281. The van der Waals surface area contributed by atoms with Crippen molar-refractivity contribution in [2.75, 3.05) is 32.2 Å². The maximum atomic E-state index is 5.70. The maximum Gasteiger partial charge on any atom is 0.0648 e. The molecule has 0 aliphatic heterocycles. The van der Waals surface area contributed by atoms with Crippen LogP contribution in [0.25, 0.3) is 0 Å². The summed E-state index contributed by atoms with van der Waals surface area (Å²) >= 11 is 5.70. The Kier molecular flexibility index (Phi) is 4.70. The van der Waals surface area contributed by atoms with Gasteiger partial charge in [0.15, 0.2) is 0 Å². The summed E-state index contributed by atoms with van der Waals surface area (Å²) in [6.07, 6.45) is 1.77. The Labute approximate surface area is 89.7 Å². The monoisotopic (exact) mass is 214 g/mol. The fraction of sp³-hybridized carbons (Fsp3) is 0.500. The molecule has 0 fully saturated rings. The van der Waals surface area contributed by atoms with Crippen LogP contribution < -0.4 is 4.90 Å². The molecule has 0 unspecified atom stereocenters. The second-order valence-electron chi connectivity index (χ2n) is 3.05. The number of pyridine rings is 1. The average molecular weight is 215 g/mol. The fourth-order valence-electron chi connectivity index (χ4n) is 1.13. The molecule has 1 aromatic rings. The van der Waals surface area contributed by atoms with Gasteiger partial charge in [0.25, 0.3) is 0 Å². The quantitative estimate of drug-likeness (QED) is 0.701. The molecule has 0 saturated heterocycles. The number of hydrogen-bond donors (Lipinski definition) is 0. The van der Waals surface area contributed by atoms with Gasteiger partial charge >= 0.3 is 0 Å². The second-order valence-corrected chi connectivity index (χ2v) is 3.32. The number of alkyl halides is 1. The molecule has 0 aliphatic rings. The van der Waals surface area contributed by atoms with Gasteiger partial charge in [0, 0.05) is 32.6 Å². The number of methoxy groups -OCH3 is 1. The molecule has 1 rings (SSSR count). The summed E-state index contributed by atoms with van der Waals surface area (Å²) in [6.45, 7) is 1.58. The van der Waals surface area contributed by atoms with Gasteiger partial charge in [0.1, 0.15) is 0 Å². The lowest BCUT2D eigenvalue weighted by molar-refractivity contribution is 0.206. The fourth-order valence-corrected chi connectivity index (χ4v) is 1.28. The minimum absolute atomic E-state index is 0.450. The molecule has 0 aliphatic carbocycles. The van der Waals surface area contributed by atoms with Gasteiger partial charge in [-0.15, -0.1) is 11.6 Å². The first-order chi connectivity index (χ1) is 6.77. The highest BCUT2D eigenvalue weighted by molar-refractivity contribution is 6.16. The number of rotatable bonds is 5. The summed E-state index contributed by atoms with van der Waals surface area (Å²) in [5.41, 5.74) is 2.01. The highest BCUT2D eigenvalue weighted by Crippen LogP contribution is 2.13. The zero-order chi connectivity index (χ0) is 10.4. The number of hydrogen-bond acceptors (Lipinski definition) is 3. The van der Waals surface area contributed by atoms with Crippen molar-refractivity contribution in [1.82, 2.24) is 4.98 Å². The van der Waals surface area contributed by atoms with E-state index in [0.29, 0.717) is 5.88 Å². The largest absolute Gasteiger partial charge is 0.383 e. The van der Waals surface area contributed by atoms with E-state index < -0.39 is 0 Å². The summed E-state index contributed by atoms with van der Waals surface area (Å²) < 4.78 is 5.01. The first-order valence-corrected chi connectivity index (χ1v) is 5.02. The van der Waals surface area contributed by atoms with E-state index in [0.717, 1.165) is 24.5 Å². The zero-order valence-electron chi connectivity index (χ0n) is 8.53. The molecule has 0 N–H and O–H groups in total. The van der Waals surface area contributed by atoms with Crippen molar-refractivity contribution in [3.8, 4) is 0 Å². The average Bonchev–Trinajstić information content (AvgIpc) is 2.26. The van der Waals surface area contributed by atoms with Crippen LogP contribution in [0.15, 0.2) is 18.3 Å². The van der Waals surface area contributed by atoms with Gasteiger partial charge < -0.3 is 9.64 Å². The molecular weight excluding hydrogens is 200 g/mol. The number of halogens is 1. The summed E-state index contributed by atoms with van der Waals surface area (Å²) in [4.78, 5) is 6.24. The van der Waals surface area contributed by atoms with Crippen LogP contribution in [0.3, 0.4) is 0 Å². The van der Waals surface area contributed by atoms with Crippen LogP contribution in [-0.4, -0.2) is 32.3 Å². The molecule has 0 amide bonds. The number of likely N-dealkylation sites (N-methyl/N-ethyl adjacent to an activating group) is 1. The van der Waals surface area contributed by atoms with E-state index in [-0.39, 0.29) is 0 Å². The van der Waals surface area contributed by atoms with E-state index in [9.17, 15) is 0 Å². The van der Waals surface area contributed by atoms with E-state index in [1.54, 1.807) is 13.3 Å². The zero-order valence-corrected chi connectivity index (χ0v) is 9.29. The summed E-state index contributed by atoms with van der Waals surface area (Å²) in [5.74, 6) is 0.450. The highest BCUT2D eigenvalue weighted by Gasteiger charge is 2.01. The third-order valence-corrected chi connectivity index (χ3v) is 2.28. The van der Waals surface area contributed by atoms with Crippen LogP contribution in [0.4, 0.5) is 5.69 Å². The molecular formula is C10H15ClN2O. The third-order valence-electron chi connectivity index (χ3n) is 2.01. The molecule has 1 heterocycles. The lowest BCUT2D eigenvalue weighted by atomic mass is 10.3. The predicted octanol–water partition coefficient (Wildman–Crippen LogP) is 1.90. The van der Waals surface area contributed by atoms with Crippen LogP contribution in [-0.2, 0) is 10.6 Å². The molecule has 4 heteroatoms. The molecule has 14 heavy (non-hydrogen) atoms. The van der Waals surface area contributed by atoms with E-state index in [1.807, 2.05) is 19.2 Å². The maximum absolute atomic E-state index is 5.70. The number of anilines is 1. The summed E-state index contributed by atoms with van der Waals surface area (Å²) in [6, 6.07) is 3.95. The van der Waals surface area contributed by atoms with Gasteiger partial charge in [-0.2, -0.15) is 0 Å². The van der Waals surface area contributed by atoms with Crippen molar-refractivity contribution in [3.05, 3.63) is 24.0 Å².